The highest BCUT2D eigenvalue weighted by molar-refractivity contribution is 4.79. The van der Waals surface area contributed by atoms with E-state index in [9.17, 15) is 10.2 Å². The lowest BCUT2D eigenvalue weighted by molar-refractivity contribution is -0.217. The van der Waals surface area contributed by atoms with Crippen LogP contribution in [0.25, 0.3) is 0 Å². The van der Waals surface area contributed by atoms with Gasteiger partial charge in [0.05, 0.1) is 17.3 Å². The zero-order chi connectivity index (χ0) is 109. The number of hydrogen-bond donors (Lipinski definition) is 16. The quantitative estimate of drug-likeness (QED) is 0.0199. The Labute approximate surface area is 849 Å². The van der Waals surface area contributed by atoms with Gasteiger partial charge < -0.3 is 107 Å². The van der Waals surface area contributed by atoms with Gasteiger partial charge in [0.15, 0.2) is 6.29 Å². The van der Waals surface area contributed by atoms with E-state index in [0.29, 0.717) is 54.9 Å². The predicted molar refractivity (Wildman–Crippen MR) is 608 cm³/mol. The van der Waals surface area contributed by atoms with E-state index in [1.54, 1.807) is 0 Å². The largest absolute Gasteiger partial charge is 0.396 e. The smallest absolute Gasteiger partial charge is 0.214 e. The fraction of sp³-hybridized carbons (Fsp3) is 1.00. The minimum atomic E-state index is -0.845. The van der Waals surface area contributed by atoms with Gasteiger partial charge in [0, 0.05) is 37.3 Å². The van der Waals surface area contributed by atoms with Crippen molar-refractivity contribution in [2.75, 3.05) is 133 Å². The molecular formula is C114H266N14O7. The van der Waals surface area contributed by atoms with Gasteiger partial charge in [-0.1, -0.05) is 261 Å². The van der Waals surface area contributed by atoms with E-state index in [4.69, 9.17) is 82.1 Å². The molecule has 0 heterocycles. The molecule has 0 aromatic rings. The van der Waals surface area contributed by atoms with E-state index in [-0.39, 0.29) is 46.8 Å². The Morgan fingerprint density at radius 3 is 1.10 bits per heavy atom. The lowest BCUT2D eigenvalue weighted by Crippen LogP contribution is -2.38. The van der Waals surface area contributed by atoms with Crippen LogP contribution in [0.2, 0.25) is 0 Å². The van der Waals surface area contributed by atoms with E-state index in [0.717, 1.165) is 181 Å². The second kappa shape index (κ2) is 102. The number of rotatable bonds is 50. The first-order chi connectivity index (χ1) is 61.9. The number of ether oxygens (including phenoxy) is 2. The summed E-state index contributed by atoms with van der Waals surface area (Å²) in [5, 5.41) is 48.4. The summed E-state index contributed by atoms with van der Waals surface area (Å²) in [7, 11) is 8.48. The van der Waals surface area contributed by atoms with Crippen molar-refractivity contribution in [3.8, 4) is 0 Å². The minimum Gasteiger partial charge on any atom is -0.396 e. The molecule has 0 aliphatic heterocycles. The van der Waals surface area contributed by atoms with Crippen LogP contribution in [0.5, 0.6) is 0 Å². The van der Waals surface area contributed by atoms with Crippen molar-refractivity contribution < 1.29 is 35.0 Å². The van der Waals surface area contributed by atoms with Crippen LogP contribution in [0.1, 0.15) is 457 Å². The molecule has 10 unspecified atom stereocenters. The molecule has 834 valence electrons. The summed E-state index contributed by atoms with van der Waals surface area (Å²) < 4.78 is 10.8. The highest BCUT2D eigenvalue weighted by Gasteiger charge is 2.32. The van der Waals surface area contributed by atoms with Crippen molar-refractivity contribution in [3.63, 3.8) is 0 Å². The van der Waals surface area contributed by atoms with E-state index >= 15 is 0 Å². The van der Waals surface area contributed by atoms with Crippen molar-refractivity contribution >= 4 is 0 Å². The predicted octanol–water partition coefficient (Wildman–Crippen LogP) is 23.5. The maximum absolute atomic E-state index is 9.88. The third-order valence-electron chi connectivity index (χ3n) is 24.2. The molecule has 0 aromatic carbocycles. The molecule has 21 heteroatoms. The molecule has 2 saturated carbocycles. The maximum Gasteiger partial charge on any atom is 0.214 e. The average Bonchev–Trinajstić information content (AvgIpc) is 0.861. The van der Waals surface area contributed by atoms with Gasteiger partial charge in [-0.3, -0.25) is 5.32 Å². The van der Waals surface area contributed by atoms with Crippen molar-refractivity contribution in [2.24, 2.45) is 168 Å². The van der Waals surface area contributed by atoms with E-state index in [1.807, 2.05) is 62.3 Å². The topological polar surface area (TPSA) is 402 Å². The van der Waals surface area contributed by atoms with Crippen molar-refractivity contribution in [1.82, 2.24) is 20.0 Å². The zero-order valence-corrected chi connectivity index (χ0v) is 100. The zero-order valence-electron chi connectivity index (χ0n) is 100. The molecule has 10 atom stereocenters. The van der Waals surface area contributed by atoms with Crippen molar-refractivity contribution in [3.05, 3.63) is 0 Å². The second-order valence-corrected chi connectivity index (χ2v) is 49.4. The lowest BCUT2D eigenvalue weighted by Gasteiger charge is -2.35. The van der Waals surface area contributed by atoms with Gasteiger partial charge in [-0.25, -0.2) is 0 Å². The summed E-state index contributed by atoms with van der Waals surface area (Å²) in [6.07, 6.45) is 31.7. The molecule has 0 bridgehead atoms. The Bertz CT molecular complexity index is 2200. The van der Waals surface area contributed by atoms with Gasteiger partial charge in [-0.15, -0.1) is 0 Å². The van der Waals surface area contributed by atoms with Crippen LogP contribution in [-0.4, -0.2) is 215 Å². The third-order valence-corrected chi connectivity index (χ3v) is 24.2. The van der Waals surface area contributed by atoms with Crippen LogP contribution in [-0.2, 0) is 9.47 Å². The molecule has 2 rings (SSSR count). The molecule has 26 N–H and O–H groups in total. The van der Waals surface area contributed by atoms with Crippen LogP contribution in [0.15, 0.2) is 0 Å². The van der Waals surface area contributed by atoms with Crippen LogP contribution in [0, 0.1) is 110 Å². The molecule has 0 spiro atoms. The normalized spacial score (nSPS) is 16.5. The first-order valence-corrected chi connectivity index (χ1v) is 55.4. The van der Waals surface area contributed by atoms with Gasteiger partial charge in [-0.2, -0.15) is 0 Å². The molecule has 21 nitrogen and oxygen atoms in total. The number of nitrogens with zero attached hydrogens (tertiary/aromatic N) is 3. The average molecular weight is 1950 g/mol. The van der Waals surface area contributed by atoms with Gasteiger partial charge in [-0.05, 0) is 414 Å². The molecule has 2 fully saturated rings. The van der Waals surface area contributed by atoms with Crippen LogP contribution >= 0.6 is 0 Å². The van der Waals surface area contributed by atoms with Gasteiger partial charge >= 0.3 is 0 Å². The molecule has 2 aliphatic carbocycles. The number of hydrogen-bond acceptors (Lipinski definition) is 21. The summed E-state index contributed by atoms with van der Waals surface area (Å²) in [6.45, 7) is 99.8. The lowest BCUT2D eigenvalue weighted by atomic mass is 9.78. The number of nitrogens with two attached hydrogens (primary N) is 10. The van der Waals surface area contributed by atoms with Crippen LogP contribution in [0.3, 0.4) is 0 Å². The first-order valence-electron chi connectivity index (χ1n) is 55.4. The highest BCUT2D eigenvalue weighted by Crippen LogP contribution is 2.34. The molecule has 0 radical (unpaired) electrons. The number of nitrogens with one attached hydrogen (secondary N) is 1. The Kier molecular flexibility index (Phi) is 120. The third kappa shape index (κ3) is 149. The second-order valence-electron chi connectivity index (χ2n) is 49.4. The fourth-order valence-corrected chi connectivity index (χ4v) is 14.2. The highest BCUT2D eigenvalue weighted by atomic mass is 16.6. The molecule has 135 heavy (non-hydrogen) atoms. The van der Waals surface area contributed by atoms with E-state index in [1.165, 1.54) is 142 Å². The van der Waals surface area contributed by atoms with Crippen LogP contribution in [0.4, 0.5) is 0 Å². The Balaban J connectivity index is -0.000000121. The Morgan fingerprint density at radius 1 is 0.407 bits per heavy atom. The maximum atomic E-state index is 9.88. The molecule has 0 saturated heterocycles. The standard InChI is InChI=1S/2C11H25NO2.C11H23N.C10H23N.C9H19N.C8H19NO.C8H19N.C7H17NO.3C7H17N.C6H15NO.2C6H15N/c1-10(2,3)14-9(13)11(4,5)7-6-8-12;1-9(2)7-6-8-12-10(13)14-11(3,4)5;1-9(2)6-10-4-3-5-11(7-10)8-12;1-5-11(6-2)9-7-8-10(3)4;1-7(2)8-4-3-5-9(10)6-8;1-8(2,5-7-10)4-3-6-9;1-8(2)6-5-7-9(3)4;1-7(2,3-5-8)4-6-9;1-7(2)5-6-8(3)4;1-6(2)4-7(3)5-8;1-4-7(2,3)5-6-8;1-5(2)3-6(8)4-7;1-5(2)6(3)4-7;1-5(2)4-6(3)7/h9,13H,6-8,12H2,1-5H3;9-10,12-13H,6-8H2,1-5H3;9-11H,3-8,12H2,1-2H3;10H,5-9H2,1-4H3;7-9H,3-6,10H2,1-2H3;10H,3-7,9H2,1-2H3;8H,5-7H2,1-4H3;9H,3-6,8H2,1-2H3;7H,5-6H2,1-4H3;6-7H,4-5,8H2,1-3H3;4-6,8H2,1-3H3;5-6,8H,3-4,7H2,1-2H3;2*5-6H,4,7H2,1-3H3. The van der Waals surface area contributed by atoms with Gasteiger partial charge in [0.2, 0.25) is 6.41 Å². The van der Waals surface area contributed by atoms with E-state index < -0.39 is 12.7 Å². The SMILES string of the molecule is CC(C)(C)OC(O)C(C)(C)CCCN.CC(C)(CCN)CCO.CC(C)(CCO)CCCN.CC(C)C(C)CN.CC(C)C1CCCC(N)C1.CC(C)CC(C)CN.CC(C)CC(C)N.CC(C)CC(O)CN.CC(C)CC1CCCC(CN)C1.CC(C)CCCN(C)C.CC(C)CCCNC(O)OC(C)(C)C.CC(C)CCN(C)C.CCC(C)(C)CCN.CCN(CC)CCCC(C)C. The van der Waals surface area contributed by atoms with E-state index in [2.05, 4.69) is 263 Å². The molecule has 2 aliphatic rings. The summed E-state index contributed by atoms with van der Waals surface area (Å²) in [5.41, 5.74) is 54.7. The summed E-state index contributed by atoms with van der Waals surface area (Å²) in [5.74, 6) is 11.9. The first kappa shape index (κ1) is 159. The molecule has 0 amide bonds. The van der Waals surface area contributed by atoms with Crippen molar-refractivity contribution in [2.45, 2.75) is 499 Å². The monoisotopic (exact) mass is 1940 g/mol. The van der Waals surface area contributed by atoms with Crippen LogP contribution < -0.4 is 62.7 Å². The minimum absolute atomic E-state index is 0.226. The molecular weight excluding hydrogens is 1680 g/mol. The van der Waals surface area contributed by atoms with Gasteiger partial charge in [0.25, 0.3) is 0 Å². The van der Waals surface area contributed by atoms with Crippen molar-refractivity contribution in [1.29, 1.82) is 0 Å². The summed E-state index contributed by atoms with van der Waals surface area (Å²) in [6, 6.07) is 0.876. The Hall–Kier alpha value is -0.840. The molecule has 0 aromatic heterocycles. The number of aliphatic hydroxyl groups is 5. The summed E-state index contributed by atoms with van der Waals surface area (Å²) in [4.78, 5) is 6.95. The van der Waals surface area contributed by atoms with Gasteiger partial charge in [0.1, 0.15) is 0 Å². The number of aliphatic hydroxyl groups excluding tert-OH is 5. The fourth-order valence-electron chi connectivity index (χ4n) is 14.2. The Morgan fingerprint density at radius 2 is 0.822 bits per heavy atom. The summed E-state index contributed by atoms with van der Waals surface area (Å²) >= 11 is 0.